The zero-order valence-corrected chi connectivity index (χ0v) is 12.9. The fourth-order valence-corrected chi connectivity index (χ4v) is 4.23. The molecule has 2 heterocycles. The van der Waals surface area contributed by atoms with Gasteiger partial charge in [-0.3, -0.25) is 9.59 Å². The summed E-state index contributed by atoms with van der Waals surface area (Å²) < 4.78 is 5.71. The normalized spacial score (nSPS) is 33.6. The van der Waals surface area contributed by atoms with Crippen molar-refractivity contribution in [3.8, 4) is 0 Å². The smallest absolute Gasteiger partial charge is 0.222 e. The molecule has 3 rings (SSSR count). The summed E-state index contributed by atoms with van der Waals surface area (Å²) in [6, 6.07) is 0.194. The van der Waals surface area contributed by atoms with Crippen LogP contribution < -0.4 is 0 Å². The highest BCUT2D eigenvalue weighted by atomic mass is 16.5. The Morgan fingerprint density at radius 3 is 2.76 bits per heavy atom. The topological polar surface area (TPSA) is 46.6 Å². The van der Waals surface area contributed by atoms with Crippen molar-refractivity contribution in [1.29, 1.82) is 0 Å². The summed E-state index contributed by atoms with van der Waals surface area (Å²) in [6.07, 6.45) is 9.97. The summed E-state index contributed by atoms with van der Waals surface area (Å²) in [6.45, 7) is 1.70. The average Bonchev–Trinajstić information content (AvgIpc) is 3.14. The van der Waals surface area contributed by atoms with Crippen LogP contribution in [0.1, 0.15) is 64.2 Å². The quantitative estimate of drug-likeness (QED) is 0.800. The van der Waals surface area contributed by atoms with Gasteiger partial charge in [0.2, 0.25) is 5.91 Å². The second-order valence-electron chi connectivity index (χ2n) is 6.79. The lowest BCUT2D eigenvalue weighted by atomic mass is 9.94. The first-order valence-electron chi connectivity index (χ1n) is 8.69. The summed E-state index contributed by atoms with van der Waals surface area (Å²) >= 11 is 0. The van der Waals surface area contributed by atoms with Crippen LogP contribution >= 0.6 is 0 Å². The molecule has 118 valence electrons. The molecule has 3 aliphatic rings. The van der Waals surface area contributed by atoms with Gasteiger partial charge in [0, 0.05) is 38.0 Å². The number of carbonyl (C=O) groups excluding carboxylic acids is 2. The maximum absolute atomic E-state index is 12.5. The van der Waals surface area contributed by atoms with Gasteiger partial charge in [-0.25, -0.2) is 0 Å². The van der Waals surface area contributed by atoms with Crippen LogP contribution in [0.4, 0.5) is 0 Å². The zero-order chi connectivity index (χ0) is 14.7. The molecule has 1 amide bonds. The van der Waals surface area contributed by atoms with E-state index in [2.05, 4.69) is 0 Å². The van der Waals surface area contributed by atoms with Crippen molar-refractivity contribution >= 4 is 11.7 Å². The van der Waals surface area contributed by atoms with E-state index in [-0.39, 0.29) is 24.0 Å². The van der Waals surface area contributed by atoms with Crippen LogP contribution in [0.15, 0.2) is 0 Å². The molecule has 2 aliphatic heterocycles. The van der Waals surface area contributed by atoms with Gasteiger partial charge < -0.3 is 9.64 Å². The third kappa shape index (κ3) is 3.47. The van der Waals surface area contributed by atoms with Gasteiger partial charge in [0.05, 0.1) is 6.10 Å². The van der Waals surface area contributed by atoms with Crippen molar-refractivity contribution < 1.29 is 14.3 Å². The lowest BCUT2D eigenvalue weighted by molar-refractivity contribution is -0.135. The molecule has 0 bridgehead atoms. The summed E-state index contributed by atoms with van der Waals surface area (Å²) in [4.78, 5) is 26.5. The molecule has 0 spiro atoms. The second-order valence-corrected chi connectivity index (χ2v) is 6.79. The molecule has 0 aromatic rings. The fraction of sp³-hybridized carbons (Fsp3) is 0.882. The molecule has 4 nitrogen and oxygen atoms in total. The second kappa shape index (κ2) is 6.91. The van der Waals surface area contributed by atoms with Crippen molar-refractivity contribution in [2.75, 3.05) is 13.2 Å². The molecule has 3 atom stereocenters. The number of hydrogen-bond donors (Lipinski definition) is 0. The SMILES string of the molecule is O=C1CCCC1C1CCCN1C(=O)CCC1CCCCO1. The number of carbonyl (C=O) groups is 2. The average molecular weight is 293 g/mol. The molecule has 0 radical (unpaired) electrons. The van der Waals surface area contributed by atoms with E-state index in [0.717, 1.165) is 64.5 Å². The Morgan fingerprint density at radius 2 is 2.05 bits per heavy atom. The van der Waals surface area contributed by atoms with Crippen LogP contribution in [0.25, 0.3) is 0 Å². The molecule has 21 heavy (non-hydrogen) atoms. The molecule has 1 aliphatic carbocycles. The number of hydrogen-bond acceptors (Lipinski definition) is 3. The minimum Gasteiger partial charge on any atom is -0.378 e. The Balaban J connectivity index is 1.51. The van der Waals surface area contributed by atoms with E-state index in [4.69, 9.17) is 4.74 Å². The largest absolute Gasteiger partial charge is 0.378 e. The lowest BCUT2D eigenvalue weighted by Crippen LogP contribution is -2.41. The van der Waals surface area contributed by atoms with E-state index in [1.165, 1.54) is 6.42 Å². The summed E-state index contributed by atoms with van der Waals surface area (Å²) in [5.74, 6) is 0.754. The molecule has 0 aromatic heterocycles. The maximum atomic E-state index is 12.5. The van der Waals surface area contributed by atoms with E-state index in [0.29, 0.717) is 12.2 Å². The molecule has 0 aromatic carbocycles. The van der Waals surface area contributed by atoms with E-state index < -0.39 is 0 Å². The van der Waals surface area contributed by atoms with Crippen LogP contribution in [0.5, 0.6) is 0 Å². The molecular formula is C17H27NO3. The lowest BCUT2D eigenvalue weighted by Gasteiger charge is -2.29. The van der Waals surface area contributed by atoms with Gasteiger partial charge in [-0.2, -0.15) is 0 Å². The van der Waals surface area contributed by atoms with Gasteiger partial charge in [-0.05, 0) is 51.4 Å². The first-order valence-corrected chi connectivity index (χ1v) is 8.69. The fourth-order valence-electron chi connectivity index (χ4n) is 4.23. The van der Waals surface area contributed by atoms with Gasteiger partial charge in [-0.15, -0.1) is 0 Å². The van der Waals surface area contributed by atoms with Crippen LogP contribution in [-0.2, 0) is 14.3 Å². The highest BCUT2D eigenvalue weighted by Gasteiger charge is 2.39. The van der Waals surface area contributed by atoms with Crippen molar-refractivity contribution in [1.82, 2.24) is 4.90 Å². The number of likely N-dealkylation sites (tertiary alicyclic amines) is 1. The van der Waals surface area contributed by atoms with Crippen molar-refractivity contribution in [3.05, 3.63) is 0 Å². The van der Waals surface area contributed by atoms with Gasteiger partial charge in [0.1, 0.15) is 5.78 Å². The predicted molar refractivity (Wildman–Crippen MR) is 79.9 cm³/mol. The van der Waals surface area contributed by atoms with Crippen molar-refractivity contribution in [2.45, 2.75) is 76.4 Å². The number of rotatable bonds is 4. The molecule has 3 fully saturated rings. The molecule has 3 unspecified atom stereocenters. The Morgan fingerprint density at radius 1 is 1.14 bits per heavy atom. The van der Waals surface area contributed by atoms with Gasteiger partial charge >= 0.3 is 0 Å². The standard InChI is InChI=1S/C17H27NO3/c19-16-8-3-6-14(16)15-7-4-11-18(15)17(20)10-9-13-5-1-2-12-21-13/h13-15H,1-12H2. The molecule has 2 saturated heterocycles. The van der Waals surface area contributed by atoms with Crippen LogP contribution in [0.3, 0.4) is 0 Å². The Labute approximate surface area is 127 Å². The van der Waals surface area contributed by atoms with Gasteiger partial charge in [-0.1, -0.05) is 0 Å². The first kappa shape index (κ1) is 15.0. The molecule has 1 saturated carbocycles. The zero-order valence-electron chi connectivity index (χ0n) is 12.9. The minimum absolute atomic E-state index is 0.127. The highest BCUT2D eigenvalue weighted by Crippen LogP contribution is 2.33. The third-order valence-electron chi connectivity index (χ3n) is 5.39. The summed E-state index contributed by atoms with van der Waals surface area (Å²) in [5.41, 5.74) is 0. The van der Waals surface area contributed by atoms with E-state index >= 15 is 0 Å². The van der Waals surface area contributed by atoms with E-state index in [9.17, 15) is 9.59 Å². The van der Waals surface area contributed by atoms with Gasteiger partial charge in [0.15, 0.2) is 0 Å². The Kier molecular flexibility index (Phi) is 4.94. The van der Waals surface area contributed by atoms with Gasteiger partial charge in [0.25, 0.3) is 0 Å². The number of ether oxygens (including phenoxy) is 1. The number of Topliss-reactive ketones (excluding diaryl/α,β-unsaturated/α-hetero) is 1. The van der Waals surface area contributed by atoms with Crippen LogP contribution in [0, 0.1) is 5.92 Å². The van der Waals surface area contributed by atoms with Crippen LogP contribution in [0.2, 0.25) is 0 Å². The highest BCUT2D eigenvalue weighted by molar-refractivity contribution is 5.85. The summed E-state index contributed by atoms with van der Waals surface area (Å²) in [7, 11) is 0. The third-order valence-corrected chi connectivity index (χ3v) is 5.39. The van der Waals surface area contributed by atoms with E-state index in [1.807, 2.05) is 4.90 Å². The van der Waals surface area contributed by atoms with Crippen molar-refractivity contribution in [3.63, 3.8) is 0 Å². The number of nitrogens with zero attached hydrogens (tertiary/aromatic N) is 1. The number of amides is 1. The number of ketones is 1. The molecule has 4 heteroatoms. The van der Waals surface area contributed by atoms with Crippen molar-refractivity contribution in [2.24, 2.45) is 5.92 Å². The summed E-state index contributed by atoms with van der Waals surface area (Å²) in [5, 5.41) is 0. The Bertz CT molecular complexity index is 389. The minimum atomic E-state index is 0.127. The predicted octanol–water partition coefficient (Wildman–Crippen LogP) is 2.70. The first-order chi connectivity index (χ1) is 10.3. The maximum Gasteiger partial charge on any atom is 0.222 e. The molecular weight excluding hydrogens is 266 g/mol. The monoisotopic (exact) mass is 293 g/mol. The van der Waals surface area contributed by atoms with Crippen LogP contribution in [-0.4, -0.2) is 41.9 Å². The Hall–Kier alpha value is -0.900. The van der Waals surface area contributed by atoms with E-state index in [1.54, 1.807) is 0 Å². The molecule has 0 N–H and O–H groups in total.